The second kappa shape index (κ2) is 6.42. The SMILES string of the molecule is CS(=O)(=O)Nc1ccccc1NC(=O)C1CCC(CN)O1. The van der Waals surface area contributed by atoms with Crippen LogP contribution in [0.3, 0.4) is 0 Å². The van der Waals surface area contributed by atoms with Crippen molar-refractivity contribution in [2.24, 2.45) is 5.73 Å². The number of hydrogen-bond acceptors (Lipinski definition) is 5. The summed E-state index contributed by atoms with van der Waals surface area (Å²) in [7, 11) is -3.42. The molecule has 1 heterocycles. The minimum atomic E-state index is -3.42. The average Bonchev–Trinajstić information content (AvgIpc) is 2.88. The minimum Gasteiger partial charge on any atom is -0.364 e. The Bertz CT molecular complexity index is 618. The molecule has 2 atom stereocenters. The summed E-state index contributed by atoms with van der Waals surface area (Å²) < 4.78 is 30.5. The number of hydrogen-bond donors (Lipinski definition) is 3. The second-order valence-corrected chi connectivity index (χ2v) is 6.72. The van der Waals surface area contributed by atoms with Crippen molar-refractivity contribution in [3.05, 3.63) is 24.3 Å². The molecule has 0 aliphatic carbocycles. The lowest BCUT2D eigenvalue weighted by atomic mass is 10.2. The lowest BCUT2D eigenvalue weighted by molar-refractivity contribution is -0.126. The molecule has 1 aliphatic heterocycles. The zero-order valence-electron chi connectivity index (χ0n) is 11.7. The van der Waals surface area contributed by atoms with Gasteiger partial charge in [0.15, 0.2) is 0 Å². The first-order valence-corrected chi connectivity index (χ1v) is 8.51. The van der Waals surface area contributed by atoms with Gasteiger partial charge in [0, 0.05) is 6.54 Å². The van der Waals surface area contributed by atoms with E-state index in [4.69, 9.17) is 10.5 Å². The second-order valence-electron chi connectivity index (χ2n) is 4.97. The van der Waals surface area contributed by atoms with Crippen LogP contribution in [0.15, 0.2) is 24.3 Å². The lowest BCUT2D eigenvalue weighted by Crippen LogP contribution is -2.30. The van der Waals surface area contributed by atoms with Crippen LogP contribution < -0.4 is 15.8 Å². The molecule has 0 aromatic heterocycles. The normalized spacial score (nSPS) is 22.0. The third kappa shape index (κ3) is 4.42. The van der Waals surface area contributed by atoms with Crippen LogP contribution in [0.25, 0.3) is 0 Å². The molecule has 2 unspecified atom stereocenters. The van der Waals surface area contributed by atoms with Gasteiger partial charge in [0.25, 0.3) is 5.91 Å². The number of carbonyl (C=O) groups is 1. The Morgan fingerprint density at radius 3 is 2.57 bits per heavy atom. The van der Waals surface area contributed by atoms with Crippen LogP contribution in [0, 0.1) is 0 Å². The van der Waals surface area contributed by atoms with E-state index in [2.05, 4.69) is 10.0 Å². The van der Waals surface area contributed by atoms with Crippen molar-refractivity contribution in [1.82, 2.24) is 0 Å². The summed E-state index contributed by atoms with van der Waals surface area (Å²) in [6.45, 7) is 0.385. The first kappa shape index (κ1) is 15.7. The van der Waals surface area contributed by atoms with Gasteiger partial charge in [-0.15, -0.1) is 0 Å². The summed E-state index contributed by atoms with van der Waals surface area (Å²) in [6.07, 6.45) is 1.76. The van der Waals surface area contributed by atoms with E-state index in [1.807, 2.05) is 0 Å². The van der Waals surface area contributed by atoms with Crippen molar-refractivity contribution in [3.63, 3.8) is 0 Å². The molecule has 1 aromatic carbocycles. The van der Waals surface area contributed by atoms with Crippen LogP contribution in [0.1, 0.15) is 12.8 Å². The van der Waals surface area contributed by atoms with Gasteiger partial charge in [-0.1, -0.05) is 12.1 Å². The van der Waals surface area contributed by atoms with Crippen molar-refractivity contribution in [2.75, 3.05) is 22.8 Å². The van der Waals surface area contributed by atoms with Crippen LogP contribution in [0.5, 0.6) is 0 Å². The molecule has 0 radical (unpaired) electrons. The highest BCUT2D eigenvalue weighted by atomic mass is 32.2. The average molecular weight is 313 g/mol. The van der Waals surface area contributed by atoms with Gasteiger partial charge in [-0.25, -0.2) is 8.42 Å². The van der Waals surface area contributed by atoms with Crippen molar-refractivity contribution >= 4 is 27.3 Å². The van der Waals surface area contributed by atoms with E-state index >= 15 is 0 Å². The smallest absolute Gasteiger partial charge is 0.253 e. The van der Waals surface area contributed by atoms with Gasteiger partial charge < -0.3 is 15.8 Å². The van der Waals surface area contributed by atoms with Crippen LogP contribution in [0.4, 0.5) is 11.4 Å². The summed E-state index contributed by atoms with van der Waals surface area (Å²) in [5, 5.41) is 2.69. The highest BCUT2D eigenvalue weighted by Gasteiger charge is 2.30. The molecule has 1 aliphatic rings. The van der Waals surface area contributed by atoms with Crippen molar-refractivity contribution < 1.29 is 17.9 Å². The summed E-state index contributed by atoms with van der Waals surface area (Å²) in [6, 6.07) is 6.59. The van der Waals surface area contributed by atoms with E-state index in [-0.39, 0.29) is 12.0 Å². The molecule has 0 spiro atoms. The molecule has 2 rings (SSSR count). The molecule has 1 fully saturated rings. The van der Waals surface area contributed by atoms with Gasteiger partial charge in [0.05, 0.1) is 23.7 Å². The number of anilines is 2. The maximum atomic E-state index is 12.1. The number of rotatable bonds is 5. The fraction of sp³-hybridized carbons (Fsp3) is 0.462. The van der Waals surface area contributed by atoms with E-state index in [1.54, 1.807) is 24.3 Å². The maximum Gasteiger partial charge on any atom is 0.253 e. The standard InChI is InChI=1S/C13H19N3O4S/c1-21(18,19)16-11-5-3-2-4-10(11)15-13(17)12-7-6-9(8-14)20-12/h2-5,9,12,16H,6-8,14H2,1H3,(H,15,17). The number of amides is 1. The number of benzene rings is 1. The minimum absolute atomic E-state index is 0.0925. The summed E-state index contributed by atoms with van der Waals surface area (Å²) >= 11 is 0. The van der Waals surface area contributed by atoms with E-state index in [1.165, 1.54) is 0 Å². The zero-order chi connectivity index (χ0) is 15.5. The molecular formula is C13H19N3O4S. The third-order valence-corrected chi connectivity index (χ3v) is 3.73. The fourth-order valence-electron chi connectivity index (χ4n) is 2.17. The molecule has 4 N–H and O–H groups in total. The number of nitrogens with two attached hydrogens (primary N) is 1. The Hall–Kier alpha value is -1.64. The molecular weight excluding hydrogens is 294 g/mol. The van der Waals surface area contributed by atoms with Crippen LogP contribution in [-0.4, -0.2) is 39.3 Å². The maximum absolute atomic E-state index is 12.1. The van der Waals surface area contributed by atoms with Gasteiger partial charge in [-0.05, 0) is 25.0 Å². The Labute approximate surface area is 123 Å². The molecule has 1 aromatic rings. The molecule has 0 bridgehead atoms. The molecule has 8 heteroatoms. The first-order chi connectivity index (χ1) is 9.89. The fourth-order valence-corrected chi connectivity index (χ4v) is 2.74. The van der Waals surface area contributed by atoms with E-state index in [0.717, 1.165) is 12.7 Å². The van der Waals surface area contributed by atoms with Crippen LogP contribution >= 0.6 is 0 Å². The van der Waals surface area contributed by atoms with Crippen molar-refractivity contribution in [2.45, 2.75) is 25.0 Å². The van der Waals surface area contributed by atoms with Gasteiger partial charge in [0.1, 0.15) is 6.10 Å². The number of nitrogens with one attached hydrogen (secondary N) is 2. The summed E-state index contributed by atoms with van der Waals surface area (Å²) in [5.74, 6) is -0.297. The van der Waals surface area contributed by atoms with E-state index in [0.29, 0.717) is 24.3 Å². The van der Waals surface area contributed by atoms with Crippen molar-refractivity contribution in [1.29, 1.82) is 0 Å². The number of ether oxygens (including phenoxy) is 1. The molecule has 0 saturated carbocycles. The van der Waals surface area contributed by atoms with Gasteiger partial charge in [0.2, 0.25) is 10.0 Å². The molecule has 7 nitrogen and oxygen atoms in total. The molecule has 116 valence electrons. The highest BCUT2D eigenvalue weighted by Crippen LogP contribution is 2.25. The van der Waals surface area contributed by atoms with E-state index < -0.39 is 16.1 Å². The third-order valence-electron chi connectivity index (χ3n) is 3.14. The van der Waals surface area contributed by atoms with Crippen LogP contribution in [-0.2, 0) is 19.6 Å². The topological polar surface area (TPSA) is 111 Å². The largest absolute Gasteiger partial charge is 0.364 e. The Morgan fingerprint density at radius 2 is 2.00 bits per heavy atom. The molecule has 1 amide bonds. The van der Waals surface area contributed by atoms with Gasteiger partial charge >= 0.3 is 0 Å². The predicted octanol–water partition coefficient (Wildman–Crippen LogP) is 0.503. The zero-order valence-corrected chi connectivity index (χ0v) is 12.5. The quantitative estimate of drug-likeness (QED) is 0.733. The number of carbonyl (C=O) groups excluding carboxylic acids is 1. The van der Waals surface area contributed by atoms with E-state index in [9.17, 15) is 13.2 Å². The van der Waals surface area contributed by atoms with Crippen molar-refractivity contribution in [3.8, 4) is 0 Å². The molecule has 21 heavy (non-hydrogen) atoms. The predicted molar refractivity (Wildman–Crippen MR) is 80.5 cm³/mol. The highest BCUT2D eigenvalue weighted by molar-refractivity contribution is 7.92. The monoisotopic (exact) mass is 313 g/mol. The summed E-state index contributed by atoms with van der Waals surface area (Å²) in [4.78, 5) is 12.1. The van der Waals surface area contributed by atoms with Gasteiger partial charge in [-0.2, -0.15) is 0 Å². The Morgan fingerprint density at radius 1 is 1.33 bits per heavy atom. The Balaban J connectivity index is 2.08. The van der Waals surface area contributed by atoms with Crippen LogP contribution in [0.2, 0.25) is 0 Å². The number of sulfonamides is 1. The summed E-state index contributed by atoms with van der Waals surface area (Å²) in [5.41, 5.74) is 6.23. The lowest BCUT2D eigenvalue weighted by Gasteiger charge is -2.15. The number of para-hydroxylation sites is 2. The molecule has 1 saturated heterocycles. The first-order valence-electron chi connectivity index (χ1n) is 6.62. The van der Waals surface area contributed by atoms with Gasteiger partial charge in [-0.3, -0.25) is 9.52 Å². The Kier molecular flexibility index (Phi) is 4.81.